The van der Waals surface area contributed by atoms with Crippen molar-refractivity contribution in [2.45, 2.75) is 17.7 Å². The Morgan fingerprint density at radius 1 is 1.25 bits per heavy atom. The van der Waals surface area contributed by atoms with Crippen LogP contribution in [0, 0.1) is 0 Å². The Balaban J connectivity index is 1.98. The van der Waals surface area contributed by atoms with Crippen LogP contribution < -0.4 is 5.48 Å². The third kappa shape index (κ3) is 4.21. The summed E-state index contributed by atoms with van der Waals surface area (Å²) in [4.78, 5) is 15.8. The number of carbonyl (C=O) groups is 1. The predicted molar refractivity (Wildman–Crippen MR) is 75.6 cm³/mol. The number of aryl methyl sites for hydroxylation is 1. The Hall–Kier alpha value is -1.60. The minimum absolute atomic E-state index is 0.478. The molecule has 0 aliphatic heterocycles. The topological polar surface area (TPSA) is 60.7 Å². The molecule has 0 saturated carbocycles. The Labute approximate surface area is 121 Å². The fourth-order valence-electron chi connectivity index (χ4n) is 1.63. The Morgan fingerprint density at radius 3 is 2.75 bits per heavy atom. The number of benzene rings is 1. The number of hydrogen-bond donors (Lipinski definition) is 1. The molecule has 0 fully saturated rings. The molecule has 0 amide bonds. The zero-order valence-electron chi connectivity index (χ0n) is 11.0. The van der Waals surface area contributed by atoms with Gasteiger partial charge in [-0.05, 0) is 24.3 Å². The van der Waals surface area contributed by atoms with E-state index in [0.717, 1.165) is 40.3 Å². The van der Waals surface area contributed by atoms with Crippen molar-refractivity contribution in [2.75, 3.05) is 7.05 Å². The summed E-state index contributed by atoms with van der Waals surface area (Å²) in [7, 11) is 1.61. The third-order valence-electron chi connectivity index (χ3n) is 2.56. The monoisotopic (exact) mass is 293 g/mol. The predicted octanol–water partition coefficient (Wildman–Crippen LogP) is 3.17. The van der Waals surface area contributed by atoms with E-state index < -0.39 is 0 Å². The molecule has 6 heteroatoms. The quantitative estimate of drug-likeness (QED) is 0.265. The van der Waals surface area contributed by atoms with Crippen molar-refractivity contribution >= 4 is 18.3 Å². The van der Waals surface area contributed by atoms with Gasteiger partial charge in [0.05, 0.1) is 12.0 Å². The van der Waals surface area contributed by atoms with Crippen LogP contribution in [0.5, 0.6) is 0 Å². The third-order valence-corrected chi connectivity index (χ3v) is 3.16. The van der Waals surface area contributed by atoms with E-state index in [2.05, 4.69) is 10.5 Å². The molecule has 106 valence electrons. The van der Waals surface area contributed by atoms with Gasteiger partial charge in [-0.25, -0.2) is 0 Å². The Morgan fingerprint density at radius 2 is 2.05 bits per heavy atom. The number of nitrogens with one attached hydrogen (secondary N) is 1. The van der Waals surface area contributed by atoms with Crippen molar-refractivity contribution in [3.8, 4) is 11.3 Å². The SMILES string of the molecule is CNOOSc1ccc(-c2ccc(CCC=O)o2)cc1. The highest BCUT2D eigenvalue weighted by Gasteiger charge is 2.05. The van der Waals surface area contributed by atoms with Gasteiger partial charge in [0.2, 0.25) is 0 Å². The van der Waals surface area contributed by atoms with Crippen molar-refractivity contribution in [2.24, 2.45) is 0 Å². The lowest BCUT2D eigenvalue weighted by atomic mass is 10.2. The maximum absolute atomic E-state index is 10.3. The first-order valence-corrected chi connectivity index (χ1v) is 6.87. The molecular weight excluding hydrogens is 278 g/mol. The molecule has 1 heterocycles. The maximum Gasteiger partial charge on any atom is 0.134 e. The minimum Gasteiger partial charge on any atom is -0.461 e. The number of aldehydes is 1. The second-order valence-electron chi connectivity index (χ2n) is 3.93. The lowest BCUT2D eigenvalue weighted by Crippen LogP contribution is -2.03. The highest BCUT2D eigenvalue weighted by atomic mass is 32.2. The van der Waals surface area contributed by atoms with Crippen LogP contribution in [-0.2, 0) is 20.5 Å². The fourth-order valence-corrected chi connectivity index (χ4v) is 2.06. The Kier molecular flexibility index (Phi) is 5.82. The summed E-state index contributed by atoms with van der Waals surface area (Å²) in [6.07, 6.45) is 2.00. The second-order valence-corrected chi connectivity index (χ2v) is 4.71. The van der Waals surface area contributed by atoms with Crippen LogP contribution in [0.2, 0.25) is 0 Å². The van der Waals surface area contributed by atoms with E-state index in [1.165, 1.54) is 0 Å². The van der Waals surface area contributed by atoms with Crippen LogP contribution >= 0.6 is 12.0 Å². The molecule has 1 aromatic carbocycles. The maximum atomic E-state index is 10.3. The zero-order valence-corrected chi connectivity index (χ0v) is 11.8. The number of furan rings is 1. The average Bonchev–Trinajstić information content (AvgIpc) is 2.95. The smallest absolute Gasteiger partial charge is 0.134 e. The van der Waals surface area contributed by atoms with Crippen molar-refractivity contribution in [1.29, 1.82) is 0 Å². The first-order chi connectivity index (χ1) is 9.83. The molecule has 0 atom stereocenters. The van der Waals surface area contributed by atoms with Gasteiger partial charge in [0.1, 0.15) is 17.8 Å². The van der Waals surface area contributed by atoms with Gasteiger partial charge in [-0.1, -0.05) is 12.1 Å². The number of rotatable bonds is 8. The molecule has 20 heavy (non-hydrogen) atoms. The second kappa shape index (κ2) is 7.86. The summed E-state index contributed by atoms with van der Waals surface area (Å²) >= 11 is 1.11. The van der Waals surface area contributed by atoms with Gasteiger partial charge < -0.3 is 9.21 Å². The van der Waals surface area contributed by atoms with Crippen LogP contribution in [0.15, 0.2) is 45.7 Å². The molecule has 0 aliphatic carbocycles. The molecule has 0 radical (unpaired) electrons. The largest absolute Gasteiger partial charge is 0.461 e. The summed E-state index contributed by atoms with van der Waals surface area (Å²) in [5, 5.41) is 0. The molecule has 0 saturated heterocycles. The normalized spacial score (nSPS) is 10.7. The van der Waals surface area contributed by atoms with E-state index in [0.29, 0.717) is 12.8 Å². The first kappa shape index (κ1) is 14.8. The van der Waals surface area contributed by atoms with Gasteiger partial charge in [0, 0.05) is 30.3 Å². The van der Waals surface area contributed by atoms with Crippen molar-refractivity contribution in [3.63, 3.8) is 0 Å². The van der Waals surface area contributed by atoms with Crippen LogP contribution in [0.1, 0.15) is 12.2 Å². The van der Waals surface area contributed by atoms with Crippen LogP contribution in [0.25, 0.3) is 11.3 Å². The summed E-state index contributed by atoms with van der Waals surface area (Å²) in [6.45, 7) is 0. The van der Waals surface area contributed by atoms with Gasteiger partial charge in [-0.2, -0.15) is 5.48 Å². The Bertz CT molecular complexity index is 538. The van der Waals surface area contributed by atoms with Gasteiger partial charge in [0.15, 0.2) is 0 Å². The standard InChI is InChI=1S/C14H15NO4S/c1-15-18-19-20-13-7-4-11(5-8-13)14-9-6-12(17-14)3-2-10-16/h4-10,15H,2-3H2,1H3. The average molecular weight is 293 g/mol. The molecule has 0 spiro atoms. The molecule has 0 unspecified atom stereocenters. The molecule has 0 aliphatic rings. The van der Waals surface area contributed by atoms with Gasteiger partial charge in [-0.3, -0.25) is 0 Å². The van der Waals surface area contributed by atoms with E-state index in [4.69, 9.17) is 8.75 Å². The fraction of sp³-hybridized carbons (Fsp3) is 0.214. The first-order valence-electron chi connectivity index (χ1n) is 6.13. The highest BCUT2D eigenvalue weighted by molar-refractivity contribution is 7.94. The molecule has 1 aromatic heterocycles. The summed E-state index contributed by atoms with van der Waals surface area (Å²) < 4.78 is 10.5. The van der Waals surface area contributed by atoms with Crippen molar-refractivity contribution < 1.29 is 18.5 Å². The molecule has 2 aromatic rings. The highest BCUT2D eigenvalue weighted by Crippen LogP contribution is 2.26. The minimum atomic E-state index is 0.478. The lowest BCUT2D eigenvalue weighted by molar-refractivity contribution is -0.237. The van der Waals surface area contributed by atoms with Crippen LogP contribution in [-0.4, -0.2) is 13.3 Å². The molecule has 0 bridgehead atoms. The number of carbonyl (C=O) groups excluding carboxylic acids is 1. The molecule has 2 rings (SSSR count). The van der Waals surface area contributed by atoms with E-state index in [1.54, 1.807) is 7.05 Å². The summed E-state index contributed by atoms with van der Waals surface area (Å²) in [5.74, 6) is 1.60. The van der Waals surface area contributed by atoms with Crippen LogP contribution in [0.3, 0.4) is 0 Å². The van der Waals surface area contributed by atoms with Gasteiger partial charge >= 0.3 is 0 Å². The van der Waals surface area contributed by atoms with E-state index in [-0.39, 0.29) is 0 Å². The van der Waals surface area contributed by atoms with Crippen molar-refractivity contribution in [1.82, 2.24) is 5.48 Å². The van der Waals surface area contributed by atoms with Crippen LogP contribution in [0.4, 0.5) is 0 Å². The summed E-state index contributed by atoms with van der Waals surface area (Å²) in [5.41, 5.74) is 3.39. The number of hydroxylamine groups is 1. The van der Waals surface area contributed by atoms with Gasteiger partial charge in [-0.15, -0.1) is 9.32 Å². The number of hydrogen-bond acceptors (Lipinski definition) is 6. The van der Waals surface area contributed by atoms with Gasteiger partial charge in [0.25, 0.3) is 0 Å². The van der Waals surface area contributed by atoms with E-state index >= 15 is 0 Å². The van der Waals surface area contributed by atoms with Crippen molar-refractivity contribution in [3.05, 3.63) is 42.2 Å². The van der Waals surface area contributed by atoms with E-state index in [1.807, 2.05) is 36.4 Å². The lowest BCUT2D eigenvalue weighted by Gasteiger charge is -2.01. The zero-order chi connectivity index (χ0) is 14.2. The summed E-state index contributed by atoms with van der Waals surface area (Å²) in [6, 6.07) is 11.5. The molecule has 5 nitrogen and oxygen atoms in total. The van der Waals surface area contributed by atoms with E-state index in [9.17, 15) is 4.79 Å². The molecular formula is C14H15NO4S. The molecule has 1 N–H and O–H groups in total.